The molecule has 0 amide bonds. The van der Waals surface area contributed by atoms with Gasteiger partial charge < -0.3 is 10.8 Å². The van der Waals surface area contributed by atoms with E-state index in [4.69, 9.17) is 5.73 Å². The van der Waals surface area contributed by atoms with Gasteiger partial charge in [-0.25, -0.2) is 0 Å². The molecule has 1 atom stereocenters. The highest BCUT2D eigenvalue weighted by Crippen LogP contribution is 2.18. The van der Waals surface area contributed by atoms with E-state index in [0.29, 0.717) is 11.3 Å². The van der Waals surface area contributed by atoms with Crippen molar-refractivity contribution >= 4 is 5.69 Å². The highest BCUT2D eigenvalue weighted by Gasteiger charge is 2.15. The number of rotatable bonds is 2. The second-order valence-electron chi connectivity index (χ2n) is 2.79. The van der Waals surface area contributed by atoms with Crippen LogP contribution in [0.15, 0.2) is 29.4 Å². The molecule has 0 aromatic heterocycles. The molecule has 12 heavy (non-hydrogen) atoms. The summed E-state index contributed by atoms with van der Waals surface area (Å²) in [4.78, 5) is 10.0. The van der Waals surface area contributed by atoms with E-state index in [2.05, 4.69) is 5.18 Å². The minimum absolute atomic E-state index is 0.322. The Labute approximate surface area is 70.0 Å². The van der Waals surface area contributed by atoms with Gasteiger partial charge >= 0.3 is 0 Å². The van der Waals surface area contributed by atoms with Crippen LogP contribution in [0.3, 0.4) is 0 Å². The quantitative estimate of drug-likeness (QED) is 0.512. The number of hydrogen-bond donors (Lipinski definition) is 2. The zero-order valence-electron chi connectivity index (χ0n) is 6.69. The normalized spacial score (nSPS) is 15.2. The van der Waals surface area contributed by atoms with Crippen molar-refractivity contribution in [2.24, 2.45) is 10.9 Å². The second kappa shape index (κ2) is 3.00. The average molecular weight is 166 g/mol. The molecule has 0 saturated carbocycles. The Balaban J connectivity index is 3.00. The summed E-state index contributed by atoms with van der Waals surface area (Å²) in [7, 11) is 0. The Hall–Kier alpha value is -1.26. The van der Waals surface area contributed by atoms with E-state index in [0.717, 1.165) is 0 Å². The largest absolute Gasteiger partial charge is 0.372 e. The first-order valence-electron chi connectivity index (χ1n) is 3.49. The molecular weight excluding hydrogens is 156 g/mol. The van der Waals surface area contributed by atoms with Crippen LogP contribution < -0.4 is 5.73 Å². The fraction of sp³-hybridized carbons (Fsp3) is 0.250. The van der Waals surface area contributed by atoms with Crippen molar-refractivity contribution in [2.75, 3.05) is 0 Å². The Morgan fingerprint density at radius 3 is 2.25 bits per heavy atom. The molecule has 3 N–H and O–H groups in total. The lowest BCUT2D eigenvalue weighted by molar-refractivity contribution is 0.0647. The number of nitroso groups, excluding NO2 is 1. The topological polar surface area (TPSA) is 75.7 Å². The van der Waals surface area contributed by atoms with Gasteiger partial charge in [-0.05, 0) is 29.8 Å². The standard InChI is InChI=1S/C8H10N2O2/c1-8(9,11)6-2-4-7(10-12)5-3-6/h2-5,11H,9H2,1H3. The maximum Gasteiger partial charge on any atom is 0.136 e. The lowest BCUT2D eigenvalue weighted by Gasteiger charge is -2.16. The Bertz CT molecular complexity index is 274. The summed E-state index contributed by atoms with van der Waals surface area (Å²) >= 11 is 0. The smallest absolute Gasteiger partial charge is 0.136 e. The van der Waals surface area contributed by atoms with Gasteiger partial charge in [-0.2, -0.15) is 0 Å². The first-order chi connectivity index (χ1) is 5.54. The van der Waals surface area contributed by atoms with Crippen LogP contribution >= 0.6 is 0 Å². The van der Waals surface area contributed by atoms with Crippen molar-refractivity contribution in [3.63, 3.8) is 0 Å². The van der Waals surface area contributed by atoms with Gasteiger partial charge in [0, 0.05) is 0 Å². The second-order valence-corrected chi connectivity index (χ2v) is 2.79. The first-order valence-corrected chi connectivity index (χ1v) is 3.49. The van der Waals surface area contributed by atoms with Gasteiger partial charge in [-0.15, -0.1) is 4.91 Å². The summed E-state index contributed by atoms with van der Waals surface area (Å²) in [5.41, 5.74) is 4.91. The molecule has 0 bridgehead atoms. The average Bonchev–Trinajstić information content (AvgIpc) is 2.03. The molecule has 1 unspecified atom stereocenters. The molecule has 4 heteroatoms. The van der Waals surface area contributed by atoms with Crippen molar-refractivity contribution in [1.29, 1.82) is 0 Å². The molecule has 0 aliphatic rings. The van der Waals surface area contributed by atoms with Gasteiger partial charge in [0.05, 0.1) is 0 Å². The Morgan fingerprint density at radius 2 is 1.92 bits per heavy atom. The number of hydrogen-bond acceptors (Lipinski definition) is 4. The Kier molecular flexibility index (Phi) is 2.21. The molecule has 0 aliphatic heterocycles. The highest BCUT2D eigenvalue weighted by molar-refractivity contribution is 5.39. The molecule has 4 nitrogen and oxygen atoms in total. The van der Waals surface area contributed by atoms with Crippen LogP contribution in [0.25, 0.3) is 0 Å². The molecule has 0 aliphatic carbocycles. The summed E-state index contributed by atoms with van der Waals surface area (Å²) in [5, 5.41) is 12.0. The molecule has 64 valence electrons. The highest BCUT2D eigenvalue weighted by atomic mass is 16.3. The van der Waals surface area contributed by atoms with Gasteiger partial charge in [-0.1, -0.05) is 12.1 Å². The van der Waals surface area contributed by atoms with E-state index in [1.54, 1.807) is 12.1 Å². The van der Waals surface area contributed by atoms with E-state index in [1.165, 1.54) is 19.1 Å². The minimum atomic E-state index is -1.36. The predicted octanol–water partition coefficient (Wildman–Crippen LogP) is 1.21. The lowest BCUT2D eigenvalue weighted by atomic mass is 10.1. The molecule has 0 heterocycles. The summed E-state index contributed by atoms with van der Waals surface area (Å²) in [6.07, 6.45) is 0. The third kappa shape index (κ3) is 1.87. The third-order valence-electron chi connectivity index (χ3n) is 1.56. The van der Waals surface area contributed by atoms with Gasteiger partial charge in [0.15, 0.2) is 0 Å². The van der Waals surface area contributed by atoms with Crippen molar-refractivity contribution in [3.8, 4) is 0 Å². The molecule has 1 aromatic carbocycles. The van der Waals surface area contributed by atoms with Crippen LogP contribution in [0.1, 0.15) is 12.5 Å². The lowest BCUT2D eigenvalue weighted by Crippen LogP contribution is -2.31. The predicted molar refractivity (Wildman–Crippen MR) is 45.7 cm³/mol. The first kappa shape index (κ1) is 8.83. The van der Waals surface area contributed by atoms with Crippen LogP contribution in [0.2, 0.25) is 0 Å². The van der Waals surface area contributed by atoms with Gasteiger partial charge in [0.2, 0.25) is 0 Å². The van der Waals surface area contributed by atoms with E-state index < -0.39 is 5.72 Å². The molecule has 1 aromatic rings. The van der Waals surface area contributed by atoms with Crippen LogP contribution in [-0.4, -0.2) is 5.11 Å². The summed E-state index contributed by atoms with van der Waals surface area (Å²) in [6, 6.07) is 6.14. The summed E-state index contributed by atoms with van der Waals surface area (Å²) in [5.74, 6) is 0. The molecule has 0 saturated heterocycles. The van der Waals surface area contributed by atoms with Gasteiger partial charge in [0.1, 0.15) is 11.4 Å². The zero-order valence-corrected chi connectivity index (χ0v) is 6.69. The van der Waals surface area contributed by atoms with E-state index in [1.807, 2.05) is 0 Å². The molecule has 0 fully saturated rings. The van der Waals surface area contributed by atoms with Crippen molar-refractivity contribution < 1.29 is 5.11 Å². The maximum absolute atomic E-state index is 10.0. The zero-order chi connectivity index (χ0) is 9.19. The molecular formula is C8H10N2O2. The summed E-state index contributed by atoms with van der Waals surface area (Å²) < 4.78 is 0. The monoisotopic (exact) mass is 166 g/mol. The number of nitrogens with zero attached hydrogens (tertiary/aromatic N) is 1. The van der Waals surface area contributed by atoms with Gasteiger partial charge in [0.25, 0.3) is 0 Å². The van der Waals surface area contributed by atoms with E-state index in [-0.39, 0.29) is 0 Å². The Morgan fingerprint density at radius 1 is 1.42 bits per heavy atom. The van der Waals surface area contributed by atoms with Crippen LogP contribution in [0.5, 0.6) is 0 Å². The number of benzene rings is 1. The van der Waals surface area contributed by atoms with Crippen LogP contribution in [0.4, 0.5) is 5.69 Å². The summed E-state index contributed by atoms with van der Waals surface area (Å²) in [6.45, 7) is 1.47. The molecule has 0 radical (unpaired) electrons. The SMILES string of the molecule is CC(N)(O)c1ccc(N=O)cc1. The number of nitrogens with two attached hydrogens (primary N) is 1. The minimum Gasteiger partial charge on any atom is -0.372 e. The van der Waals surface area contributed by atoms with E-state index >= 15 is 0 Å². The molecule has 1 rings (SSSR count). The molecule has 0 spiro atoms. The number of aliphatic hydroxyl groups is 1. The third-order valence-corrected chi connectivity index (χ3v) is 1.56. The maximum atomic E-state index is 10.0. The van der Waals surface area contributed by atoms with Crippen molar-refractivity contribution in [2.45, 2.75) is 12.6 Å². The van der Waals surface area contributed by atoms with Crippen LogP contribution in [0, 0.1) is 4.91 Å². The van der Waals surface area contributed by atoms with Crippen molar-refractivity contribution in [3.05, 3.63) is 34.7 Å². The fourth-order valence-electron chi connectivity index (χ4n) is 0.860. The van der Waals surface area contributed by atoms with Crippen molar-refractivity contribution in [1.82, 2.24) is 0 Å². The van der Waals surface area contributed by atoms with E-state index in [9.17, 15) is 10.0 Å². The van der Waals surface area contributed by atoms with Gasteiger partial charge in [-0.3, -0.25) is 0 Å². The fourth-order valence-corrected chi connectivity index (χ4v) is 0.860. The van der Waals surface area contributed by atoms with Crippen LogP contribution in [-0.2, 0) is 5.72 Å².